The first kappa shape index (κ1) is 18.2. The van der Waals surface area contributed by atoms with Gasteiger partial charge in [0.25, 0.3) is 5.91 Å². The van der Waals surface area contributed by atoms with Gasteiger partial charge in [0.15, 0.2) is 0 Å². The lowest BCUT2D eigenvalue weighted by molar-refractivity contribution is 0.102. The molecule has 3 amide bonds. The van der Waals surface area contributed by atoms with Crippen LogP contribution in [0.4, 0.5) is 10.5 Å². The Morgan fingerprint density at radius 2 is 1.70 bits per heavy atom. The van der Waals surface area contributed by atoms with Gasteiger partial charge in [0.2, 0.25) is 0 Å². The number of anilines is 1. The Labute approximate surface area is 157 Å². The van der Waals surface area contributed by atoms with E-state index in [1.165, 1.54) is 0 Å². The SMILES string of the molecule is Cc1nn(-c2ccccc2)c(C)c1NC(=O)c1ccc(CNC(N)=O)cc1. The monoisotopic (exact) mass is 363 g/mol. The number of hydrogen-bond acceptors (Lipinski definition) is 3. The fraction of sp³-hybridized carbons (Fsp3) is 0.150. The fourth-order valence-corrected chi connectivity index (χ4v) is 2.79. The molecule has 0 aliphatic rings. The van der Waals surface area contributed by atoms with E-state index in [2.05, 4.69) is 15.7 Å². The molecule has 0 aliphatic heterocycles. The van der Waals surface area contributed by atoms with Crippen LogP contribution in [0.25, 0.3) is 5.69 Å². The molecule has 7 nitrogen and oxygen atoms in total. The molecular formula is C20H21N5O2. The quantitative estimate of drug-likeness (QED) is 0.649. The Balaban J connectivity index is 1.76. The summed E-state index contributed by atoms with van der Waals surface area (Å²) in [5.41, 5.74) is 9.66. The largest absolute Gasteiger partial charge is 0.352 e. The molecule has 0 saturated carbocycles. The van der Waals surface area contributed by atoms with Crippen molar-refractivity contribution in [1.82, 2.24) is 15.1 Å². The molecular weight excluding hydrogens is 342 g/mol. The molecule has 0 saturated heterocycles. The van der Waals surface area contributed by atoms with Gasteiger partial charge >= 0.3 is 6.03 Å². The van der Waals surface area contributed by atoms with Crippen molar-refractivity contribution in [3.8, 4) is 5.69 Å². The van der Waals surface area contributed by atoms with Gasteiger partial charge in [-0.05, 0) is 43.7 Å². The van der Waals surface area contributed by atoms with Crippen LogP contribution in [0.1, 0.15) is 27.3 Å². The van der Waals surface area contributed by atoms with Crippen LogP contribution in [0.3, 0.4) is 0 Å². The van der Waals surface area contributed by atoms with Gasteiger partial charge in [0.1, 0.15) is 0 Å². The highest BCUT2D eigenvalue weighted by Crippen LogP contribution is 2.23. The van der Waals surface area contributed by atoms with Crippen molar-refractivity contribution in [2.24, 2.45) is 5.73 Å². The predicted octanol–water partition coefficient (Wildman–Crippen LogP) is 2.91. The third-order valence-electron chi connectivity index (χ3n) is 4.21. The normalized spacial score (nSPS) is 10.4. The lowest BCUT2D eigenvalue weighted by atomic mass is 10.1. The van der Waals surface area contributed by atoms with Crippen molar-refractivity contribution >= 4 is 17.6 Å². The molecule has 1 aromatic heterocycles. The zero-order valence-corrected chi connectivity index (χ0v) is 15.2. The molecule has 0 bridgehead atoms. The smallest absolute Gasteiger partial charge is 0.312 e. The van der Waals surface area contributed by atoms with Gasteiger partial charge in [-0.15, -0.1) is 0 Å². The fourth-order valence-electron chi connectivity index (χ4n) is 2.79. The Morgan fingerprint density at radius 1 is 1.04 bits per heavy atom. The molecule has 4 N–H and O–H groups in total. The van der Waals surface area contributed by atoms with Crippen molar-refractivity contribution in [1.29, 1.82) is 0 Å². The number of rotatable bonds is 5. The standard InChI is InChI=1S/C20H21N5O2/c1-13-18(14(2)25(24-13)17-6-4-3-5-7-17)23-19(26)16-10-8-15(9-11-16)12-22-20(21)27/h3-11H,12H2,1-2H3,(H,23,26)(H3,21,22,27). The Hall–Kier alpha value is -3.61. The first-order valence-electron chi connectivity index (χ1n) is 8.51. The second kappa shape index (κ2) is 7.74. The number of hydrogen-bond donors (Lipinski definition) is 3. The van der Waals surface area contributed by atoms with E-state index < -0.39 is 6.03 Å². The third kappa shape index (κ3) is 4.14. The molecule has 7 heteroatoms. The number of nitrogens with zero attached hydrogens (tertiary/aromatic N) is 2. The highest BCUT2D eigenvalue weighted by molar-refractivity contribution is 6.04. The summed E-state index contributed by atoms with van der Waals surface area (Å²) in [6.45, 7) is 4.10. The van der Waals surface area contributed by atoms with Gasteiger partial charge < -0.3 is 16.4 Å². The van der Waals surface area contributed by atoms with E-state index in [9.17, 15) is 9.59 Å². The molecule has 0 radical (unpaired) electrons. The molecule has 2 aromatic carbocycles. The van der Waals surface area contributed by atoms with E-state index in [1.807, 2.05) is 48.9 Å². The number of urea groups is 1. The number of benzene rings is 2. The van der Waals surface area contributed by atoms with Crippen LogP contribution in [0.5, 0.6) is 0 Å². The number of nitrogens with one attached hydrogen (secondary N) is 2. The maximum Gasteiger partial charge on any atom is 0.312 e. The summed E-state index contributed by atoms with van der Waals surface area (Å²) < 4.78 is 1.81. The van der Waals surface area contributed by atoms with Gasteiger partial charge in [-0.1, -0.05) is 30.3 Å². The summed E-state index contributed by atoms with van der Waals surface area (Å²) in [6.07, 6.45) is 0. The molecule has 0 aliphatic carbocycles. The van der Waals surface area contributed by atoms with Crippen LogP contribution < -0.4 is 16.4 Å². The van der Waals surface area contributed by atoms with Crippen molar-refractivity contribution < 1.29 is 9.59 Å². The predicted molar refractivity (Wildman–Crippen MR) is 104 cm³/mol. The van der Waals surface area contributed by atoms with Gasteiger partial charge in [0, 0.05) is 12.1 Å². The van der Waals surface area contributed by atoms with E-state index >= 15 is 0 Å². The second-order valence-corrected chi connectivity index (χ2v) is 6.16. The van der Waals surface area contributed by atoms with Crippen molar-refractivity contribution in [2.45, 2.75) is 20.4 Å². The second-order valence-electron chi connectivity index (χ2n) is 6.16. The van der Waals surface area contributed by atoms with E-state index in [0.29, 0.717) is 17.8 Å². The molecule has 0 unspecified atom stereocenters. The number of aryl methyl sites for hydroxylation is 1. The molecule has 3 rings (SSSR count). The number of carbonyl (C=O) groups is 2. The molecule has 138 valence electrons. The highest BCUT2D eigenvalue weighted by Gasteiger charge is 2.16. The maximum atomic E-state index is 12.6. The van der Waals surface area contributed by atoms with E-state index in [1.54, 1.807) is 24.3 Å². The Bertz CT molecular complexity index is 962. The van der Waals surface area contributed by atoms with Gasteiger partial charge in [-0.3, -0.25) is 4.79 Å². The Morgan fingerprint density at radius 3 is 2.33 bits per heavy atom. The van der Waals surface area contributed by atoms with Crippen molar-refractivity contribution in [3.05, 3.63) is 77.1 Å². The summed E-state index contributed by atoms with van der Waals surface area (Å²) in [5.74, 6) is -0.219. The Kier molecular flexibility index (Phi) is 5.21. The summed E-state index contributed by atoms with van der Waals surface area (Å²) in [4.78, 5) is 23.4. The summed E-state index contributed by atoms with van der Waals surface area (Å²) in [6, 6.07) is 16.1. The van der Waals surface area contributed by atoms with Crippen LogP contribution in [-0.2, 0) is 6.54 Å². The van der Waals surface area contributed by atoms with Crippen LogP contribution in [-0.4, -0.2) is 21.7 Å². The summed E-state index contributed by atoms with van der Waals surface area (Å²) in [5, 5.41) is 9.99. The number of amides is 3. The number of aromatic nitrogens is 2. The minimum Gasteiger partial charge on any atom is -0.352 e. The summed E-state index contributed by atoms with van der Waals surface area (Å²) >= 11 is 0. The molecule has 0 fully saturated rings. The van der Waals surface area contributed by atoms with E-state index in [0.717, 1.165) is 22.6 Å². The average molecular weight is 363 g/mol. The first-order valence-corrected chi connectivity index (χ1v) is 8.51. The van der Waals surface area contributed by atoms with E-state index in [-0.39, 0.29) is 5.91 Å². The molecule has 3 aromatic rings. The molecule has 0 atom stereocenters. The number of carbonyl (C=O) groups excluding carboxylic acids is 2. The minimum absolute atomic E-state index is 0.219. The third-order valence-corrected chi connectivity index (χ3v) is 4.21. The average Bonchev–Trinajstić information content (AvgIpc) is 2.95. The van der Waals surface area contributed by atoms with Crippen molar-refractivity contribution in [2.75, 3.05) is 5.32 Å². The van der Waals surface area contributed by atoms with Crippen LogP contribution >= 0.6 is 0 Å². The van der Waals surface area contributed by atoms with Gasteiger partial charge in [-0.2, -0.15) is 5.10 Å². The van der Waals surface area contributed by atoms with Gasteiger partial charge in [-0.25, -0.2) is 9.48 Å². The molecule has 1 heterocycles. The van der Waals surface area contributed by atoms with E-state index in [4.69, 9.17) is 5.73 Å². The number of para-hydroxylation sites is 1. The number of primary amides is 1. The topological polar surface area (TPSA) is 102 Å². The summed E-state index contributed by atoms with van der Waals surface area (Å²) in [7, 11) is 0. The minimum atomic E-state index is -0.585. The highest BCUT2D eigenvalue weighted by atomic mass is 16.2. The maximum absolute atomic E-state index is 12.6. The molecule has 27 heavy (non-hydrogen) atoms. The van der Waals surface area contributed by atoms with Crippen LogP contribution in [0.15, 0.2) is 54.6 Å². The zero-order chi connectivity index (χ0) is 19.4. The lowest BCUT2D eigenvalue weighted by Crippen LogP contribution is -2.28. The van der Waals surface area contributed by atoms with Gasteiger partial charge in [0.05, 0.1) is 22.8 Å². The molecule has 0 spiro atoms. The first-order chi connectivity index (χ1) is 13.0. The van der Waals surface area contributed by atoms with Crippen LogP contribution in [0, 0.1) is 13.8 Å². The zero-order valence-electron chi connectivity index (χ0n) is 15.2. The van der Waals surface area contributed by atoms with Crippen molar-refractivity contribution in [3.63, 3.8) is 0 Å². The lowest BCUT2D eigenvalue weighted by Gasteiger charge is -2.08. The van der Waals surface area contributed by atoms with Crippen LogP contribution in [0.2, 0.25) is 0 Å². The number of nitrogens with two attached hydrogens (primary N) is 1.